The third-order valence-electron chi connectivity index (χ3n) is 21.9. The Kier molecular flexibility index (Phi) is 34.9. The van der Waals surface area contributed by atoms with Crippen molar-refractivity contribution in [1.82, 2.24) is 4.90 Å². The van der Waals surface area contributed by atoms with Gasteiger partial charge in [0.25, 0.3) is 0 Å². The molecule has 0 aromatic heterocycles. The van der Waals surface area contributed by atoms with Gasteiger partial charge in [-0.1, -0.05) is 171 Å². The van der Waals surface area contributed by atoms with Crippen LogP contribution in [-0.4, -0.2) is 226 Å². The molecule has 121 heavy (non-hydrogen) atoms. The maximum atomic E-state index is 13.7. The minimum absolute atomic E-state index is 0.101. The largest absolute Gasteiger partial charge is 0.463 e. The van der Waals surface area contributed by atoms with Crippen LogP contribution in [0.3, 0.4) is 0 Å². The van der Waals surface area contributed by atoms with Gasteiger partial charge in [0, 0.05) is 62.2 Å². The Balaban J connectivity index is 0.914. The lowest BCUT2D eigenvalue weighted by Crippen LogP contribution is -2.66. The number of rotatable bonds is 35. The molecule has 13 unspecified atom stereocenters. The van der Waals surface area contributed by atoms with Gasteiger partial charge >= 0.3 is 35.9 Å². The second-order valence-corrected chi connectivity index (χ2v) is 30.6. The molecular formula is C83H108N10O28. The van der Waals surface area contributed by atoms with Crippen LogP contribution in [0.5, 0.6) is 0 Å². The average Bonchev–Trinajstić information content (AvgIpc) is 0.760. The zero-order valence-corrected chi connectivity index (χ0v) is 69.9. The van der Waals surface area contributed by atoms with Crippen molar-refractivity contribution in [3.05, 3.63) is 175 Å². The smallest absolute Gasteiger partial charge is 0.418 e. The molecule has 38 heteroatoms. The van der Waals surface area contributed by atoms with Crippen LogP contribution >= 0.6 is 0 Å². The normalized spacial score (nSPS) is 34.0. The molecule has 658 valence electrons. The van der Waals surface area contributed by atoms with E-state index in [-0.39, 0.29) is 38.8 Å². The van der Waals surface area contributed by atoms with E-state index in [2.05, 4.69) is 30.1 Å². The number of ether oxygens (including phenoxy) is 21. The monoisotopic (exact) mass is 1690 g/mol. The summed E-state index contributed by atoms with van der Waals surface area (Å²) in [6.45, 7) is 19.1. The van der Waals surface area contributed by atoms with E-state index < -0.39 is 239 Å². The van der Waals surface area contributed by atoms with Crippen molar-refractivity contribution in [2.24, 2.45) is 39.0 Å². The van der Waals surface area contributed by atoms with Gasteiger partial charge in [-0.2, -0.15) is 0 Å². The number of esters is 5. The number of benzene rings is 4. The molecule has 6 heterocycles. The van der Waals surface area contributed by atoms with Gasteiger partial charge in [0.1, 0.15) is 69.3 Å². The molecule has 6 fully saturated rings. The second-order valence-electron chi connectivity index (χ2n) is 30.6. The third kappa shape index (κ3) is 24.9. The number of hydrogen-bond acceptors (Lipinski definition) is 31. The van der Waals surface area contributed by atoms with Gasteiger partial charge in [-0.05, 0) is 83.8 Å². The molecule has 38 nitrogen and oxygen atoms in total. The number of carbonyl (C=O) groups excluding carboxylic acids is 7. The number of carbonyl (C=O) groups is 7. The van der Waals surface area contributed by atoms with E-state index in [9.17, 15) is 50.2 Å². The summed E-state index contributed by atoms with van der Waals surface area (Å²) in [5.74, 6) is -7.43. The SMILES string of the molecule is CCC1O[C@H](O[C@H]2C(C)O[C@@H](O[C@H]3C(COC(C)=O)O[C@@H](OCN(C(C)=O)C(=O)OCc4ccccc4)C(N=[N+]=[N-])[C@H]3C)[C@@H](OC(C)=O)C2OCc2ccccc2)C(N=[N+]=[N-])C(C)[C@@H]1O[C@H]1O[C@@H](C)[C@@H](O[C@@H]2OC(COC(C)=O)[C@H](O[C@@H]3OC(C)[C@H](C)C(OCc4ccccc4)[C@@H]3OC(C)=O)[C@H](C)C2N=[N+]=[N-])C(OCc2ccccc2)C1OC(C)=O. The molecule has 4 aromatic carbocycles. The Hall–Kier alpha value is -9.50. The van der Waals surface area contributed by atoms with Gasteiger partial charge in [-0.15, -0.1) is 0 Å². The zero-order valence-electron chi connectivity index (χ0n) is 69.9. The molecule has 0 aliphatic carbocycles. The molecule has 4 aromatic rings. The lowest BCUT2D eigenvalue weighted by Gasteiger charge is -2.52. The van der Waals surface area contributed by atoms with E-state index in [0.29, 0.717) is 21.6 Å². The first-order valence-corrected chi connectivity index (χ1v) is 40.3. The van der Waals surface area contributed by atoms with E-state index in [0.717, 1.165) is 26.3 Å². The molecule has 6 saturated heterocycles. The summed E-state index contributed by atoms with van der Waals surface area (Å²) in [6.07, 6.45) is -29.7. The van der Waals surface area contributed by atoms with Gasteiger partial charge in [0.2, 0.25) is 5.91 Å². The molecule has 0 spiro atoms. The van der Waals surface area contributed by atoms with Crippen molar-refractivity contribution >= 4 is 41.8 Å². The number of amides is 2. The quantitative estimate of drug-likeness (QED) is 0.0103. The molecular weight excluding hydrogens is 1580 g/mol. The van der Waals surface area contributed by atoms with E-state index in [1.165, 1.54) is 20.8 Å². The van der Waals surface area contributed by atoms with E-state index >= 15 is 0 Å². The lowest BCUT2D eigenvalue weighted by atomic mass is 9.87. The molecule has 0 bridgehead atoms. The predicted molar refractivity (Wildman–Crippen MR) is 419 cm³/mol. The summed E-state index contributed by atoms with van der Waals surface area (Å²) in [5, 5.41) is 12.5. The van der Waals surface area contributed by atoms with Crippen LogP contribution in [0, 0.1) is 23.7 Å². The third-order valence-corrected chi connectivity index (χ3v) is 21.9. The number of nitrogens with zero attached hydrogens (tertiary/aromatic N) is 10. The first-order valence-electron chi connectivity index (χ1n) is 40.3. The topological polar surface area (TPSA) is 463 Å². The molecule has 0 N–H and O–H groups in total. The summed E-state index contributed by atoms with van der Waals surface area (Å²) < 4.78 is 136. The maximum Gasteiger partial charge on any atom is 0.418 e. The fraction of sp³-hybridized carbons (Fsp3) is 0.627. The van der Waals surface area contributed by atoms with E-state index in [4.69, 9.17) is 99.5 Å². The minimum atomic E-state index is -1.59. The van der Waals surface area contributed by atoms with Gasteiger partial charge in [-0.25, -0.2) is 9.69 Å². The number of hydrogen-bond donors (Lipinski definition) is 0. The van der Waals surface area contributed by atoms with Crippen LogP contribution in [0.1, 0.15) is 126 Å². The molecule has 6 aliphatic heterocycles. The Labute approximate surface area is 700 Å². The van der Waals surface area contributed by atoms with Crippen molar-refractivity contribution in [1.29, 1.82) is 0 Å². The van der Waals surface area contributed by atoms with Crippen molar-refractivity contribution in [3.8, 4) is 0 Å². The van der Waals surface area contributed by atoms with Gasteiger partial charge in [0.05, 0.1) is 80.7 Å². The Morgan fingerprint density at radius 2 is 0.669 bits per heavy atom. The summed E-state index contributed by atoms with van der Waals surface area (Å²) in [7, 11) is 0. The molecule has 6 aliphatic rings. The minimum Gasteiger partial charge on any atom is -0.463 e. The molecule has 10 rings (SSSR count). The molecule has 30 atom stereocenters. The first-order chi connectivity index (χ1) is 58.1. The first kappa shape index (κ1) is 93.8. The van der Waals surface area contributed by atoms with Crippen molar-refractivity contribution < 1.29 is 133 Å². The van der Waals surface area contributed by atoms with E-state index in [1.54, 1.807) is 89.2 Å². The fourth-order valence-electron chi connectivity index (χ4n) is 15.6. The summed E-state index contributed by atoms with van der Waals surface area (Å²) in [6, 6.07) is 32.4. The number of azide groups is 3. The standard InChI is InChI=1S/C83H108N10O28/c1-15-60-66(117-81-75(112-54(13)98)73(105-38-58-32-24-18-25-33-58)71(49(8)109-81)121-79-65(89-92-86)46(5)68(62(116-79)41-102-52(11)96)118-80-74(111-53(12)97)69(43(2)47(6)108-80)103-36-56-28-20-16-21-29-56)45(4)64(88-91-85)78(114-60)120-70-48(7)110-82(76(113-55(14)99)72(70)104-37-57-30-22-17-23-31-57)119-67-44(3)63(87-90-84)77(115-61(67)40-101-51(10)95)107-42-93(50(9)94)83(100)106-39-59-34-26-19-27-35-59/h16-35,43-49,60-82H,15,36-42H2,1-14H3/t43-,44+,45?,46+,47?,48?,49-,60?,61?,62?,63?,64?,65?,66-,67+,68+,69?,70-,71+,72?,73?,74-,75?,76-,77+,78+,79-,80-,81+,82-/m0/s1. The van der Waals surface area contributed by atoms with E-state index in [1.807, 2.05) is 87.5 Å². The fourth-order valence-corrected chi connectivity index (χ4v) is 15.6. The summed E-state index contributed by atoms with van der Waals surface area (Å²) in [5.41, 5.74) is 33.8. The highest BCUT2D eigenvalue weighted by Gasteiger charge is 2.59. The van der Waals surface area contributed by atoms with Crippen LogP contribution in [-0.2, 0) is 155 Å². The zero-order chi connectivity index (χ0) is 87.1. The Morgan fingerprint density at radius 1 is 0.347 bits per heavy atom. The van der Waals surface area contributed by atoms with Crippen LogP contribution in [0.2, 0.25) is 0 Å². The van der Waals surface area contributed by atoms with Crippen LogP contribution in [0.25, 0.3) is 31.3 Å². The highest BCUT2D eigenvalue weighted by Crippen LogP contribution is 2.44. The highest BCUT2D eigenvalue weighted by molar-refractivity contribution is 5.90. The van der Waals surface area contributed by atoms with Crippen molar-refractivity contribution in [2.75, 3.05) is 19.9 Å². The van der Waals surface area contributed by atoms with Crippen LogP contribution in [0.15, 0.2) is 137 Å². The van der Waals surface area contributed by atoms with Gasteiger partial charge < -0.3 is 99.5 Å². The molecule has 0 saturated carbocycles. The second kappa shape index (κ2) is 45.0. The maximum absolute atomic E-state index is 13.7. The Morgan fingerprint density at radius 3 is 1.02 bits per heavy atom. The average molecular weight is 1690 g/mol. The number of imide groups is 1. The lowest BCUT2D eigenvalue weighted by molar-refractivity contribution is -0.378. The van der Waals surface area contributed by atoms with Crippen LogP contribution in [0.4, 0.5) is 4.79 Å². The van der Waals surface area contributed by atoms with Crippen molar-refractivity contribution in [3.63, 3.8) is 0 Å². The summed E-state index contributed by atoms with van der Waals surface area (Å²) in [4.78, 5) is 102. The molecule has 0 radical (unpaired) electrons. The van der Waals surface area contributed by atoms with Crippen molar-refractivity contribution in [2.45, 2.75) is 289 Å². The predicted octanol–water partition coefficient (Wildman–Crippen LogP) is 11.1. The van der Waals surface area contributed by atoms with Crippen LogP contribution < -0.4 is 0 Å². The Bertz CT molecular complexity index is 4200. The highest BCUT2D eigenvalue weighted by atomic mass is 16.8. The summed E-state index contributed by atoms with van der Waals surface area (Å²) >= 11 is 0. The molecule has 2 amide bonds. The van der Waals surface area contributed by atoms with Gasteiger partial charge in [0.15, 0.2) is 56.1 Å². The van der Waals surface area contributed by atoms with Gasteiger partial charge in [-0.3, -0.25) is 28.8 Å².